The number of pyridine rings is 1. The van der Waals surface area contributed by atoms with Gasteiger partial charge in [0.05, 0.1) is 17.6 Å². The third-order valence-corrected chi connectivity index (χ3v) is 3.86. The molecule has 0 saturated carbocycles. The zero-order chi connectivity index (χ0) is 15.8. The van der Waals surface area contributed by atoms with Crippen molar-refractivity contribution >= 4 is 11.5 Å². The summed E-state index contributed by atoms with van der Waals surface area (Å²) in [5, 5.41) is 7.60. The van der Waals surface area contributed by atoms with Crippen LogP contribution in [-0.4, -0.2) is 19.2 Å². The van der Waals surface area contributed by atoms with Gasteiger partial charge in [-0.1, -0.05) is 24.3 Å². The van der Waals surface area contributed by atoms with Crippen LogP contribution in [0.1, 0.15) is 5.69 Å². The Labute approximate surface area is 132 Å². The van der Waals surface area contributed by atoms with E-state index in [-0.39, 0.29) is 5.82 Å². The number of hydrogen-bond acceptors (Lipinski definition) is 4. The van der Waals surface area contributed by atoms with E-state index in [4.69, 9.17) is 0 Å². The fourth-order valence-corrected chi connectivity index (χ4v) is 2.72. The standard InChI is InChI=1S/C17H13N5O/c1-12-14(11-18-22(12)13-7-3-2-4-8-13)16-17(20-23)21-10-6-5-9-15(21)19-16/h2-11H,1H3. The van der Waals surface area contributed by atoms with E-state index in [9.17, 15) is 4.91 Å². The third kappa shape index (κ3) is 2.03. The van der Waals surface area contributed by atoms with Gasteiger partial charge in [-0.2, -0.15) is 5.10 Å². The molecule has 0 saturated heterocycles. The molecule has 0 fully saturated rings. The normalized spacial score (nSPS) is 11.0. The molecular weight excluding hydrogens is 290 g/mol. The zero-order valence-electron chi connectivity index (χ0n) is 12.4. The van der Waals surface area contributed by atoms with Crippen LogP contribution in [-0.2, 0) is 0 Å². The molecule has 1 aromatic carbocycles. The first kappa shape index (κ1) is 13.4. The molecule has 6 heteroatoms. The molecule has 112 valence electrons. The fourth-order valence-electron chi connectivity index (χ4n) is 2.72. The zero-order valence-corrected chi connectivity index (χ0v) is 12.4. The van der Waals surface area contributed by atoms with Gasteiger partial charge in [-0.15, -0.1) is 4.91 Å². The molecule has 0 aliphatic carbocycles. The van der Waals surface area contributed by atoms with Crippen molar-refractivity contribution in [3.05, 3.63) is 71.5 Å². The topological polar surface area (TPSA) is 64.6 Å². The number of nitroso groups, excluding NO2 is 1. The maximum Gasteiger partial charge on any atom is 0.209 e. The lowest BCUT2D eigenvalue weighted by atomic mass is 10.2. The predicted molar refractivity (Wildman–Crippen MR) is 87.9 cm³/mol. The largest absolute Gasteiger partial charge is 0.281 e. The van der Waals surface area contributed by atoms with Crippen LogP contribution in [0.5, 0.6) is 0 Å². The summed E-state index contributed by atoms with van der Waals surface area (Å²) in [6.45, 7) is 1.95. The van der Waals surface area contributed by atoms with Gasteiger partial charge in [0.2, 0.25) is 5.82 Å². The molecule has 4 aromatic rings. The molecule has 0 unspecified atom stereocenters. The van der Waals surface area contributed by atoms with E-state index in [0.717, 1.165) is 16.9 Å². The van der Waals surface area contributed by atoms with Crippen molar-refractivity contribution in [2.45, 2.75) is 6.92 Å². The van der Waals surface area contributed by atoms with E-state index in [1.54, 1.807) is 16.8 Å². The second kappa shape index (κ2) is 5.17. The molecule has 0 spiro atoms. The molecule has 0 N–H and O–H groups in total. The minimum Gasteiger partial charge on any atom is -0.281 e. The Morgan fingerprint density at radius 1 is 1.04 bits per heavy atom. The molecule has 6 nitrogen and oxygen atoms in total. The lowest BCUT2D eigenvalue weighted by molar-refractivity contribution is 0.847. The lowest BCUT2D eigenvalue weighted by Gasteiger charge is -2.04. The van der Waals surface area contributed by atoms with Crippen LogP contribution in [0.2, 0.25) is 0 Å². The van der Waals surface area contributed by atoms with Crippen molar-refractivity contribution in [3.63, 3.8) is 0 Å². The molecule has 0 bridgehead atoms. The Balaban J connectivity index is 1.93. The van der Waals surface area contributed by atoms with Gasteiger partial charge in [0.1, 0.15) is 11.3 Å². The summed E-state index contributed by atoms with van der Waals surface area (Å²) < 4.78 is 3.51. The monoisotopic (exact) mass is 303 g/mol. The quantitative estimate of drug-likeness (QED) is 0.539. The van der Waals surface area contributed by atoms with Crippen molar-refractivity contribution in [2.24, 2.45) is 5.18 Å². The van der Waals surface area contributed by atoms with Crippen LogP contribution >= 0.6 is 0 Å². The molecular formula is C17H13N5O. The maximum absolute atomic E-state index is 11.3. The SMILES string of the molecule is Cc1c(-c2nc3ccccn3c2N=O)cnn1-c1ccccc1. The molecule has 0 radical (unpaired) electrons. The smallest absolute Gasteiger partial charge is 0.209 e. The van der Waals surface area contributed by atoms with Gasteiger partial charge in [0.15, 0.2) is 0 Å². The summed E-state index contributed by atoms with van der Waals surface area (Å²) in [4.78, 5) is 15.9. The van der Waals surface area contributed by atoms with E-state index in [1.807, 2.05) is 60.1 Å². The second-order valence-corrected chi connectivity index (χ2v) is 5.20. The summed E-state index contributed by atoms with van der Waals surface area (Å²) in [5.74, 6) is 0.288. The molecule has 4 rings (SSSR count). The molecule has 0 aliphatic rings. The first-order valence-corrected chi connectivity index (χ1v) is 7.20. The van der Waals surface area contributed by atoms with Gasteiger partial charge < -0.3 is 0 Å². The Hall–Kier alpha value is -3.28. The van der Waals surface area contributed by atoms with Crippen molar-refractivity contribution < 1.29 is 0 Å². The van der Waals surface area contributed by atoms with E-state index >= 15 is 0 Å². The Morgan fingerprint density at radius 3 is 2.61 bits per heavy atom. The Kier molecular flexibility index (Phi) is 3.01. The maximum atomic E-state index is 11.3. The van der Waals surface area contributed by atoms with E-state index in [0.29, 0.717) is 11.3 Å². The van der Waals surface area contributed by atoms with Gasteiger partial charge in [-0.05, 0) is 36.4 Å². The summed E-state index contributed by atoms with van der Waals surface area (Å²) in [6.07, 6.45) is 3.50. The number of imidazole rings is 1. The number of hydrogen-bond donors (Lipinski definition) is 0. The van der Waals surface area contributed by atoms with Crippen LogP contribution < -0.4 is 0 Å². The summed E-state index contributed by atoms with van der Waals surface area (Å²) in [5.41, 5.74) is 3.90. The van der Waals surface area contributed by atoms with Crippen LogP contribution in [0.15, 0.2) is 66.1 Å². The van der Waals surface area contributed by atoms with Crippen molar-refractivity contribution in [1.29, 1.82) is 0 Å². The molecule has 0 atom stereocenters. The molecule has 3 heterocycles. The number of fused-ring (bicyclic) bond motifs is 1. The second-order valence-electron chi connectivity index (χ2n) is 5.20. The van der Waals surface area contributed by atoms with Crippen LogP contribution in [0.3, 0.4) is 0 Å². The molecule has 3 aromatic heterocycles. The number of benzene rings is 1. The first-order valence-electron chi connectivity index (χ1n) is 7.20. The van der Waals surface area contributed by atoms with E-state index < -0.39 is 0 Å². The van der Waals surface area contributed by atoms with Crippen LogP contribution in [0, 0.1) is 11.8 Å². The predicted octanol–water partition coefficient (Wildman–Crippen LogP) is 3.89. The van der Waals surface area contributed by atoms with E-state index in [1.165, 1.54) is 0 Å². The number of rotatable bonds is 3. The number of nitrogens with zero attached hydrogens (tertiary/aromatic N) is 5. The highest BCUT2D eigenvalue weighted by Gasteiger charge is 2.19. The Morgan fingerprint density at radius 2 is 1.83 bits per heavy atom. The van der Waals surface area contributed by atoms with Gasteiger partial charge in [-0.25, -0.2) is 9.67 Å². The van der Waals surface area contributed by atoms with Crippen molar-refractivity contribution in [1.82, 2.24) is 19.2 Å². The highest BCUT2D eigenvalue weighted by molar-refractivity contribution is 5.75. The van der Waals surface area contributed by atoms with Gasteiger partial charge >= 0.3 is 0 Å². The van der Waals surface area contributed by atoms with Crippen LogP contribution in [0.25, 0.3) is 22.6 Å². The highest BCUT2D eigenvalue weighted by Crippen LogP contribution is 2.33. The fraction of sp³-hybridized carbons (Fsp3) is 0.0588. The summed E-state index contributed by atoms with van der Waals surface area (Å²) in [7, 11) is 0. The van der Waals surface area contributed by atoms with Gasteiger partial charge in [0, 0.05) is 11.8 Å². The third-order valence-electron chi connectivity index (χ3n) is 3.86. The summed E-state index contributed by atoms with van der Waals surface area (Å²) in [6, 6.07) is 15.4. The average Bonchev–Trinajstić information content (AvgIpc) is 3.15. The molecule has 23 heavy (non-hydrogen) atoms. The molecule has 0 amide bonds. The van der Waals surface area contributed by atoms with Crippen molar-refractivity contribution in [3.8, 4) is 16.9 Å². The average molecular weight is 303 g/mol. The Bertz CT molecular complexity index is 1000. The summed E-state index contributed by atoms with van der Waals surface area (Å²) >= 11 is 0. The minimum atomic E-state index is 0.288. The molecule has 0 aliphatic heterocycles. The van der Waals surface area contributed by atoms with E-state index in [2.05, 4.69) is 15.3 Å². The number of aromatic nitrogens is 4. The minimum absolute atomic E-state index is 0.288. The van der Waals surface area contributed by atoms with Gasteiger partial charge in [-0.3, -0.25) is 4.40 Å². The van der Waals surface area contributed by atoms with Gasteiger partial charge in [0.25, 0.3) is 0 Å². The van der Waals surface area contributed by atoms with Crippen LogP contribution in [0.4, 0.5) is 5.82 Å². The number of para-hydroxylation sites is 1. The highest BCUT2D eigenvalue weighted by atomic mass is 16.3. The lowest BCUT2D eigenvalue weighted by Crippen LogP contribution is -1.98. The van der Waals surface area contributed by atoms with Crippen molar-refractivity contribution in [2.75, 3.05) is 0 Å². The first-order chi connectivity index (χ1) is 11.3.